The lowest BCUT2D eigenvalue weighted by molar-refractivity contribution is 0.392. The van der Waals surface area contributed by atoms with Crippen molar-refractivity contribution in [3.05, 3.63) is 16.3 Å². The van der Waals surface area contributed by atoms with Crippen LogP contribution in [-0.2, 0) is 6.42 Å². The molecule has 16 heavy (non-hydrogen) atoms. The Kier molecular flexibility index (Phi) is 3.77. The van der Waals surface area contributed by atoms with Crippen molar-refractivity contribution >= 4 is 0 Å². The standard InChI is InChI=1S/C11H20N4O/c12-8-7-10-13-11(16)15(14-10)9-5-3-1-2-4-6-9/h9H,1-8,12H2,(H,13,14,16). The summed E-state index contributed by atoms with van der Waals surface area (Å²) in [7, 11) is 0. The van der Waals surface area contributed by atoms with Gasteiger partial charge < -0.3 is 5.73 Å². The number of aromatic amines is 1. The quantitative estimate of drug-likeness (QED) is 0.751. The lowest BCUT2D eigenvalue weighted by atomic mass is 10.1. The summed E-state index contributed by atoms with van der Waals surface area (Å²) >= 11 is 0. The van der Waals surface area contributed by atoms with E-state index >= 15 is 0 Å². The first-order chi connectivity index (χ1) is 7.81. The molecular weight excluding hydrogens is 204 g/mol. The van der Waals surface area contributed by atoms with Gasteiger partial charge in [0.1, 0.15) is 5.82 Å². The van der Waals surface area contributed by atoms with E-state index in [4.69, 9.17) is 5.73 Å². The molecule has 0 bridgehead atoms. The molecule has 2 rings (SSSR count). The molecule has 1 fully saturated rings. The van der Waals surface area contributed by atoms with E-state index in [9.17, 15) is 4.79 Å². The predicted octanol–water partition coefficient (Wildman–Crippen LogP) is 0.968. The third kappa shape index (κ3) is 2.52. The molecule has 5 nitrogen and oxygen atoms in total. The molecule has 0 spiro atoms. The Balaban J connectivity index is 2.14. The van der Waals surface area contributed by atoms with Crippen LogP contribution in [0.2, 0.25) is 0 Å². The van der Waals surface area contributed by atoms with Crippen LogP contribution in [0.1, 0.15) is 50.4 Å². The number of nitrogens with zero attached hydrogens (tertiary/aromatic N) is 2. The van der Waals surface area contributed by atoms with E-state index in [-0.39, 0.29) is 11.7 Å². The molecule has 5 heteroatoms. The van der Waals surface area contributed by atoms with Crippen molar-refractivity contribution in [3.8, 4) is 0 Å². The normalized spacial score (nSPS) is 18.6. The first-order valence-electron chi connectivity index (χ1n) is 6.19. The minimum atomic E-state index is -0.0737. The van der Waals surface area contributed by atoms with Crippen LogP contribution in [0.15, 0.2) is 4.79 Å². The molecule has 0 amide bonds. The van der Waals surface area contributed by atoms with E-state index in [1.807, 2.05) is 0 Å². The number of nitrogens with one attached hydrogen (secondary N) is 1. The van der Waals surface area contributed by atoms with Crippen molar-refractivity contribution in [2.24, 2.45) is 5.73 Å². The zero-order chi connectivity index (χ0) is 11.4. The molecule has 0 saturated heterocycles. The fraction of sp³-hybridized carbons (Fsp3) is 0.818. The van der Waals surface area contributed by atoms with Crippen LogP contribution < -0.4 is 11.4 Å². The van der Waals surface area contributed by atoms with Gasteiger partial charge in [-0.1, -0.05) is 25.7 Å². The molecule has 1 aromatic rings. The van der Waals surface area contributed by atoms with Crippen LogP contribution in [-0.4, -0.2) is 21.3 Å². The van der Waals surface area contributed by atoms with Gasteiger partial charge in [0.15, 0.2) is 0 Å². The summed E-state index contributed by atoms with van der Waals surface area (Å²) < 4.78 is 1.64. The molecule has 3 N–H and O–H groups in total. The highest BCUT2D eigenvalue weighted by Crippen LogP contribution is 2.25. The van der Waals surface area contributed by atoms with Crippen LogP contribution >= 0.6 is 0 Å². The Labute approximate surface area is 95.0 Å². The predicted molar refractivity (Wildman–Crippen MR) is 62.3 cm³/mol. The van der Waals surface area contributed by atoms with Gasteiger partial charge in [-0.25, -0.2) is 9.48 Å². The van der Waals surface area contributed by atoms with Crippen molar-refractivity contribution in [2.75, 3.05) is 6.54 Å². The van der Waals surface area contributed by atoms with Gasteiger partial charge in [-0.3, -0.25) is 4.98 Å². The van der Waals surface area contributed by atoms with E-state index in [0.29, 0.717) is 13.0 Å². The second kappa shape index (κ2) is 5.30. The molecule has 0 radical (unpaired) electrons. The van der Waals surface area contributed by atoms with Crippen LogP contribution in [0.3, 0.4) is 0 Å². The molecule has 1 aliphatic carbocycles. The van der Waals surface area contributed by atoms with E-state index < -0.39 is 0 Å². The molecule has 0 unspecified atom stereocenters. The van der Waals surface area contributed by atoms with Gasteiger partial charge in [0.25, 0.3) is 0 Å². The zero-order valence-electron chi connectivity index (χ0n) is 9.61. The molecule has 90 valence electrons. The van der Waals surface area contributed by atoms with Gasteiger partial charge in [-0.05, 0) is 19.4 Å². The summed E-state index contributed by atoms with van der Waals surface area (Å²) in [6.07, 6.45) is 7.78. The molecule has 1 aliphatic rings. The molecule has 1 heterocycles. The third-order valence-corrected chi connectivity index (χ3v) is 3.24. The average Bonchev–Trinajstić information content (AvgIpc) is 2.52. The van der Waals surface area contributed by atoms with Crippen LogP contribution in [0.25, 0.3) is 0 Å². The van der Waals surface area contributed by atoms with Crippen molar-refractivity contribution in [2.45, 2.75) is 51.0 Å². The maximum atomic E-state index is 11.7. The highest BCUT2D eigenvalue weighted by molar-refractivity contribution is 4.85. The van der Waals surface area contributed by atoms with Crippen LogP contribution in [0.4, 0.5) is 0 Å². The summed E-state index contributed by atoms with van der Waals surface area (Å²) in [5.41, 5.74) is 5.38. The van der Waals surface area contributed by atoms with Gasteiger partial charge in [-0.15, -0.1) is 0 Å². The number of hydrogen-bond acceptors (Lipinski definition) is 3. The summed E-state index contributed by atoms with van der Waals surface area (Å²) in [6, 6.07) is 0.290. The van der Waals surface area contributed by atoms with Crippen LogP contribution in [0.5, 0.6) is 0 Å². The lowest BCUT2D eigenvalue weighted by Gasteiger charge is -2.12. The second-order valence-corrected chi connectivity index (χ2v) is 4.51. The molecular formula is C11H20N4O. The smallest absolute Gasteiger partial charge is 0.330 e. The van der Waals surface area contributed by atoms with Gasteiger partial charge in [0.05, 0.1) is 6.04 Å². The van der Waals surface area contributed by atoms with Gasteiger partial charge in [0.2, 0.25) is 0 Å². The van der Waals surface area contributed by atoms with Crippen molar-refractivity contribution in [3.63, 3.8) is 0 Å². The minimum Gasteiger partial charge on any atom is -0.330 e. The number of H-pyrrole nitrogens is 1. The number of rotatable bonds is 3. The highest BCUT2D eigenvalue weighted by Gasteiger charge is 2.17. The third-order valence-electron chi connectivity index (χ3n) is 3.24. The van der Waals surface area contributed by atoms with E-state index in [0.717, 1.165) is 18.7 Å². The Morgan fingerprint density at radius 1 is 1.31 bits per heavy atom. The Bertz CT molecular complexity index is 374. The lowest BCUT2D eigenvalue weighted by Crippen LogP contribution is -2.23. The van der Waals surface area contributed by atoms with Crippen molar-refractivity contribution < 1.29 is 0 Å². The first-order valence-corrected chi connectivity index (χ1v) is 6.19. The molecule has 1 saturated carbocycles. The first kappa shape index (κ1) is 11.4. The molecule has 0 aromatic carbocycles. The summed E-state index contributed by atoms with van der Waals surface area (Å²) in [4.78, 5) is 14.5. The van der Waals surface area contributed by atoms with E-state index in [1.54, 1.807) is 4.68 Å². The summed E-state index contributed by atoms with van der Waals surface area (Å²) in [6.45, 7) is 0.525. The maximum Gasteiger partial charge on any atom is 0.343 e. The molecule has 1 aromatic heterocycles. The summed E-state index contributed by atoms with van der Waals surface area (Å²) in [5.74, 6) is 0.719. The fourth-order valence-corrected chi connectivity index (χ4v) is 2.38. The average molecular weight is 224 g/mol. The van der Waals surface area contributed by atoms with Crippen molar-refractivity contribution in [1.29, 1.82) is 0 Å². The number of nitrogens with two attached hydrogens (primary N) is 1. The SMILES string of the molecule is NCCc1nn(C2CCCCCC2)c(=O)[nH]1. The van der Waals surface area contributed by atoms with Gasteiger partial charge in [-0.2, -0.15) is 5.10 Å². The Morgan fingerprint density at radius 3 is 2.62 bits per heavy atom. The summed E-state index contributed by atoms with van der Waals surface area (Å²) in [5, 5.41) is 4.33. The van der Waals surface area contributed by atoms with Crippen LogP contribution in [0, 0.1) is 0 Å². The van der Waals surface area contributed by atoms with E-state index in [1.165, 1.54) is 25.7 Å². The monoisotopic (exact) mass is 224 g/mol. The second-order valence-electron chi connectivity index (χ2n) is 4.51. The Morgan fingerprint density at radius 2 is 2.00 bits per heavy atom. The van der Waals surface area contributed by atoms with Gasteiger partial charge in [0, 0.05) is 6.42 Å². The Hall–Kier alpha value is -1.10. The number of aromatic nitrogens is 3. The maximum absolute atomic E-state index is 11.7. The largest absolute Gasteiger partial charge is 0.343 e. The van der Waals surface area contributed by atoms with Gasteiger partial charge >= 0.3 is 5.69 Å². The molecule has 0 aliphatic heterocycles. The van der Waals surface area contributed by atoms with E-state index in [2.05, 4.69) is 10.1 Å². The minimum absolute atomic E-state index is 0.0737. The topological polar surface area (TPSA) is 76.7 Å². The van der Waals surface area contributed by atoms with Crippen molar-refractivity contribution in [1.82, 2.24) is 14.8 Å². The fourth-order valence-electron chi connectivity index (χ4n) is 2.38. The highest BCUT2D eigenvalue weighted by atomic mass is 16.2. The zero-order valence-corrected chi connectivity index (χ0v) is 9.61. The molecule has 0 atom stereocenters. The number of hydrogen-bond donors (Lipinski definition) is 2.